The van der Waals surface area contributed by atoms with Gasteiger partial charge in [0.2, 0.25) is 10.0 Å². The van der Waals surface area contributed by atoms with E-state index >= 15 is 0 Å². The molecule has 1 N–H and O–H groups in total. The molecule has 3 heterocycles. The highest BCUT2D eigenvalue weighted by Gasteiger charge is 2.30. The summed E-state index contributed by atoms with van der Waals surface area (Å²) in [5.41, 5.74) is 0.595. The zero-order valence-corrected chi connectivity index (χ0v) is 16.4. The van der Waals surface area contributed by atoms with Crippen molar-refractivity contribution in [2.75, 3.05) is 39.3 Å². The smallest absolute Gasteiger partial charge is 0.245 e. The van der Waals surface area contributed by atoms with Crippen molar-refractivity contribution >= 4 is 21.1 Å². The molecule has 1 aliphatic heterocycles. The molecule has 8 heteroatoms. The van der Waals surface area contributed by atoms with Gasteiger partial charge < -0.3 is 14.6 Å². The van der Waals surface area contributed by atoms with Crippen molar-refractivity contribution in [3.8, 4) is 5.75 Å². The predicted octanol–water partition coefficient (Wildman–Crippen LogP) is 2.34. The Balaban J connectivity index is 1.29. The van der Waals surface area contributed by atoms with Crippen LogP contribution < -0.4 is 4.74 Å². The van der Waals surface area contributed by atoms with E-state index in [0.29, 0.717) is 35.6 Å². The third-order valence-electron chi connectivity index (χ3n) is 4.99. The van der Waals surface area contributed by atoms with E-state index in [2.05, 4.69) is 14.9 Å². The number of rotatable bonds is 7. The molecule has 1 aromatic carbocycles. The molecule has 4 rings (SSSR count). The predicted molar refractivity (Wildman–Crippen MR) is 108 cm³/mol. The molecule has 28 heavy (non-hydrogen) atoms. The fourth-order valence-electron chi connectivity index (χ4n) is 3.47. The molecule has 2 aromatic heterocycles. The van der Waals surface area contributed by atoms with E-state index in [4.69, 9.17) is 4.74 Å². The first-order valence-corrected chi connectivity index (χ1v) is 10.9. The van der Waals surface area contributed by atoms with Crippen LogP contribution in [0.15, 0.2) is 59.8 Å². The quantitative estimate of drug-likeness (QED) is 0.616. The number of sulfonamides is 1. The molecule has 0 amide bonds. The van der Waals surface area contributed by atoms with Gasteiger partial charge >= 0.3 is 0 Å². The molecule has 148 valence electrons. The molecule has 7 nitrogen and oxygen atoms in total. The van der Waals surface area contributed by atoms with E-state index in [1.54, 1.807) is 28.8 Å². The van der Waals surface area contributed by atoms with Gasteiger partial charge in [0.05, 0.1) is 6.61 Å². The van der Waals surface area contributed by atoms with Crippen molar-refractivity contribution in [1.29, 1.82) is 0 Å². The fraction of sp³-hybridized carbons (Fsp3) is 0.350. The Kier molecular flexibility index (Phi) is 5.61. The summed E-state index contributed by atoms with van der Waals surface area (Å²) in [6.07, 6.45) is 4.10. The minimum Gasteiger partial charge on any atom is -0.494 e. The highest BCUT2D eigenvalue weighted by Crippen LogP contribution is 2.25. The summed E-state index contributed by atoms with van der Waals surface area (Å²) < 4.78 is 33.3. The molecule has 1 fully saturated rings. The number of piperazine rings is 1. The first kappa shape index (κ1) is 18.9. The van der Waals surface area contributed by atoms with Crippen molar-refractivity contribution in [2.45, 2.75) is 11.3 Å². The molecule has 0 aliphatic carbocycles. The second-order valence-electron chi connectivity index (χ2n) is 6.81. The lowest BCUT2D eigenvalue weighted by atomic mass is 10.3. The average molecular weight is 401 g/mol. The molecule has 0 unspecified atom stereocenters. The molecule has 0 saturated carbocycles. The number of benzene rings is 1. The summed E-state index contributed by atoms with van der Waals surface area (Å²) in [5, 5.41) is 0.642. The SMILES string of the molecule is O=S(=O)(c1c[nH]c2ncccc12)N1CCN(CCCOc2ccccc2)CC1. The van der Waals surface area contributed by atoms with Gasteiger partial charge in [0, 0.05) is 50.5 Å². The van der Waals surface area contributed by atoms with Crippen molar-refractivity contribution in [3.05, 3.63) is 54.9 Å². The maximum Gasteiger partial charge on any atom is 0.245 e. The maximum atomic E-state index is 13.0. The number of pyridine rings is 1. The third-order valence-corrected chi connectivity index (χ3v) is 6.93. The molecular formula is C20H24N4O3S. The monoisotopic (exact) mass is 400 g/mol. The summed E-state index contributed by atoms with van der Waals surface area (Å²) in [6.45, 7) is 4.00. The van der Waals surface area contributed by atoms with Crippen LogP contribution in [0.1, 0.15) is 6.42 Å². The van der Waals surface area contributed by atoms with E-state index < -0.39 is 10.0 Å². The summed E-state index contributed by atoms with van der Waals surface area (Å²) >= 11 is 0. The molecule has 0 atom stereocenters. The Morgan fingerprint density at radius 1 is 1.04 bits per heavy atom. The van der Waals surface area contributed by atoms with Crippen molar-refractivity contribution in [1.82, 2.24) is 19.2 Å². The third kappa shape index (κ3) is 4.04. The number of hydrogen-bond donors (Lipinski definition) is 1. The number of nitrogens with zero attached hydrogens (tertiary/aromatic N) is 3. The van der Waals surface area contributed by atoms with E-state index in [9.17, 15) is 8.42 Å². The lowest BCUT2D eigenvalue weighted by Gasteiger charge is -2.33. The molecule has 1 aliphatic rings. The number of aromatic nitrogens is 2. The van der Waals surface area contributed by atoms with E-state index in [1.165, 1.54) is 0 Å². The largest absolute Gasteiger partial charge is 0.494 e. The van der Waals surface area contributed by atoms with Gasteiger partial charge in [-0.1, -0.05) is 18.2 Å². The summed E-state index contributed by atoms with van der Waals surface area (Å²) in [7, 11) is -3.52. The number of hydrogen-bond acceptors (Lipinski definition) is 5. The first-order valence-electron chi connectivity index (χ1n) is 9.47. The van der Waals surface area contributed by atoms with Crippen molar-refractivity contribution in [3.63, 3.8) is 0 Å². The van der Waals surface area contributed by atoms with Crippen LogP contribution in [0.2, 0.25) is 0 Å². The van der Waals surface area contributed by atoms with Gasteiger partial charge in [0.25, 0.3) is 0 Å². The second kappa shape index (κ2) is 8.30. The lowest BCUT2D eigenvalue weighted by molar-refractivity contribution is 0.174. The number of aromatic amines is 1. The van der Waals surface area contributed by atoms with Crippen LogP contribution >= 0.6 is 0 Å². The number of nitrogens with one attached hydrogen (secondary N) is 1. The standard InChI is InChI=1S/C20H24N4O3S/c25-28(26,19-16-22-20-18(19)8-4-9-21-20)24-13-11-23(12-14-24)10-5-15-27-17-6-2-1-3-7-17/h1-4,6-9,16H,5,10-15H2,(H,21,22). The fourth-order valence-corrected chi connectivity index (χ4v) is 5.04. The molecular weight excluding hydrogens is 376 g/mol. The molecule has 0 bridgehead atoms. The van der Waals surface area contributed by atoms with Crippen LogP contribution in [-0.4, -0.2) is 66.9 Å². The van der Waals surface area contributed by atoms with E-state index in [0.717, 1.165) is 31.8 Å². The number of fused-ring (bicyclic) bond motifs is 1. The number of ether oxygens (including phenoxy) is 1. The van der Waals surface area contributed by atoms with Crippen LogP contribution in [-0.2, 0) is 10.0 Å². The highest BCUT2D eigenvalue weighted by molar-refractivity contribution is 7.89. The van der Waals surface area contributed by atoms with Crippen molar-refractivity contribution in [2.24, 2.45) is 0 Å². The van der Waals surface area contributed by atoms with E-state index in [1.807, 2.05) is 30.3 Å². The zero-order valence-electron chi connectivity index (χ0n) is 15.6. The Morgan fingerprint density at radius 2 is 1.82 bits per heavy atom. The molecule has 0 radical (unpaired) electrons. The topological polar surface area (TPSA) is 78.5 Å². The van der Waals surface area contributed by atoms with Crippen LogP contribution in [0.25, 0.3) is 11.0 Å². The highest BCUT2D eigenvalue weighted by atomic mass is 32.2. The van der Waals surface area contributed by atoms with Gasteiger partial charge in [0.1, 0.15) is 16.3 Å². The molecule has 1 saturated heterocycles. The summed E-state index contributed by atoms with van der Waals surface area (Å²) in [6, 6.07) is 13.3. The van der Waals surface area contributed by atoms with Gasteiger partial charge in [-0.25, -0.2) is 13.4 Å². The summed E-state index contributed by atoms with van der Waals surface area (Å²) in [5.74, 6) is 0.881. The second-order valence-corrected chi connectivity index (χ2v) is 8.72. The van der Waals surface area contributed by atoms with Gasteiger partial charge in [-0.05, 0) is 30.7 Å². The zero-order chi connectivity index (χ0) is 19.4. The average Bonchev–Trinajstić information content (AvgIpc) is 3.17. The van der Waals surface area contributed by atoms with Crippen LogP contribution in [0.5, 0.6) is 5.75 Å². The van der Waals surface area contributed by atoms with Gasteiger partial charge in [-0.3, -0.25) is 0 Å². The van der Waals surface area contributed by atoms with Crippen LogP contribution in [0, 0.1) is 0 Å². The Morgan fingerprint density at radius 3 is 2.61 bits per heavy atom. The van der Waals surface area contributed by atoms with Crippen LogP contribution in [0.3, 0.4) is 0 Å². The number of H-pyrrole nitrogens is 1. The minimum atomic E-state index is -3.52. The van der Waals surface area contributed by atoms with Crippen molar-refractivity contribution < 1.29 is 13.2 Å². The maximum absolute atomic E-state index is 13.0. The lowest BCUT2D eigenvalue weighted by Crippen LogP contribution is -2.48. The normalized spacial score (nSPS) is 16.4. The minimum absolute atomic E-state index is 0.306. The van der Waals surface area contributed by atoms with E-state index in [-0.39, 0.29) is 0 Å². The molecule has 0 spiro atoms. The Bertz CT molecular complexity index is 1010. The van der Waals surface area contributed by atoms with Gasteiger partial charge in [0.15, 0.2) is 0 Å². The Hall–Kier alpha value is -2.42. The number of para-hydroxylation sites is 1. The molecule has 3 aromatic rings. The van der Waals surface area contributed by atoms with Crippen LogP contribution in [0.4, 0.5) is 0 Å². The first-order chi connectivity index (χ1) is 13.6. The van der Waals surface area contributed by atoms with Gasteiger partial charge in [-0.15, -0.1) is 0 Å². The Labute approximate surface area is 165 Å². The summed E-state index contributed by atoms with van der Waals surface area (Å²) in [4.78, 5) is 9.72. The van der Waals surface area contributed by atoms with Gasteiger partial charge in [-0.2, -0.15) is 4.31 Å².